The Labute approximate surface area is 116 Å². The van der Waals surface area contributed by atoms with Crippen LogP contribution in [0, 0.1) is 0 Å². The van der Waals surface area contributed by atoms with Crippen molar-refractivity contribution in [3.8, 4) is 0 Å². The summed E-state index contributed by atoms with van der Waals surface area (Å²) >= 11 is 0. The number of carbonyl (C=O) groups excluding carboxylic acids is 1. The fourth-order valence-electron chi connectivity index (χ4n) is 2.18. The molecule has 0 saturated carbocycles. The van der Waals surface area contributed by atoms with Crippen LogP contribution in [0.15, 0.2) is 24.3 Å². The normalized spacial score (nSPS) is 17.4. The Bertz CT molecular complexity index is 455. The van der Waals surface area contributed by atoms with Crippen LogP contribution >= 0.6 is 0 Å². The van der Waals surface area contributed by atoms with Gasteiger partial charge in [-0.3, -0.25) is 4.79 Å². The number of fused-ring (bicyclic) bond motifs is 1. The average molecular weight is 284 g/mol. The number of ether oxygens (including phenoxy) is 1. The fraction of sp³-hybridized carbons (Fsp3) is 0.500. The topological polar surface area (TPSA) is 50.4 Å². The Balaban J connectivity index is 1.72. The molecular formula is C14H18F2N2O2. The highest BCUT2D eigenvalue weighted by atomic mass is 19.3. The molecule has 0 saturated heterocycles. The van der Waals surface area contributed by atoms with Crippen molar-refractivity contribution in [2.75, 3.05) is 25.1 Å². The molecule has 0 fully saturated rings. The summed E-state index contributed by atoms with van der Waals surface area (Å²) in [6.45, 7) is -0.254. The molecule has 2 N–H and O–H groups in total. The lowest BCUT2D eigenvalue weighted by Crippen LogP contribution is -2.42. The van der Waals surface area contributed by atoms with E-state index in [0.717, 1.165) is 18.5 Å². The number of alkyl halides is 2. The van der Waals surface area contributed by atoms with Gasteiger partial charge in [0.05, 0.1) is 6.61 Å². The molecule has 1 unspecified atom stereocenters. The molecule has 1 aliphatic rings. The fourth-order valence-corrected chi connectivity index (χ4v) is 2.18. The number of halogens is 2. The summed E-state index contributed by atoms with van der Waals surface area (Å²) in [5.74, 6) is -0.125. The zero-order valence-electron chi connectivity index (χ0n) is 11.1. The molecule has 110 valence electrons. The van der Waals surface area contributed by atoms with E-state index in [1.165, 1.54) is 5.56 Å². The van der Waals surface area contributed by atoms with E-state index in [1.807, 2.05) is 24.3 Å². The van der Waals surface area contributed by atoms with Crippen molar-refractivity contribution in [3.05, 3.63) is 29.8 Å². The van der Waals surface area contributed by atoms with Gasteiger partial charge in [0.2, 0.25) is 5.91 Å². The van der Waals surface area contributed by atoms with Crippen molar-refractivity contribution < 1.29 is 18.3 Å². The first-order valence-corrected chi connectivity index (χ1v) is 6.65. The van der Waals surface area contributed by atoms with Gasteiger partial charge in [-0.25, -0.2) is 8.78 Å². The van der Waals surface area contributed by atoms with Crippen LogP contribution in [-0.4, -0.2) is 38.1 Å². The van der Waals surface area contributed by atoms with E-state index in [-0.39, 0.29) is 25.1 Å². The molecule has 1 aliphatic heterocycles. The summed E-state index contributed by atoms with van der Waals surface area (Å²) in [4.78, 5) is 11.9. The van der Waals surface area contributed by atoms with Crippen molar-refractivity contribution in [2.24, 2.45) is 0 Å². The third-order valence-corrected chi connectivity index (χ3v) is 3.16. The number of anilines is 1. The summed E-state index contributed by atoms with van der Waals surface area (Å²) < 4.78 is 28.4. The number of nitrogens with one attached hydrogen (secondary N) is 2. The zero-order chi connectivity index (χ0) is 14.4. The van der Waals surface area contributed by atoms with Gasteiger partial charge >= 0.3 is 0 Å². The molecule has 1 heterocycles. The second-order valence-corrected chi connectivity index (χ2v) is 4.65. The zero-order valence-corrected chi connectivity index (χ0v) is 11.1. The van der Waals surface area contributed by atoms with E-state index in [1.54, 1.807) is 0 Å². The predicted octanol–water partition coefficient (Wildman–Crippen LogP) is 1.81. The molecule has 2 rings (SSSR count). The molecule has 1 aromatic carbocycles. The molecular weight excluding hydrogens is 266 g/mol. The van der Waals surface area contributed by atoms with Crippen LogP contribution in [0.2, 0.25) is 0 Å². The van der Waals surface area contributed by atoms with E-state index >= 15 is 0 Å². The molecule has 0 spiro atoms. The number of aryl methyl sites for hydroxylation is 1. The van der Waals surface area contributed by atoms with E-state index in [0.29, 0.717) is 0 Å². The lowest BCUT2D eigenvalue weighted by Gasteiger charge is -2.26. The maximum Gasteiger partial charge on any atom is 0.261 e. The monoisotopic (exact) mass is 284 g/mol. The predicted molar refractivity (Wildman–Crippen MR) is 72.0 cm³/mol. The summed E-state index contributed by atoms with van der Waals surface area (Å²) in [7, 11) is 0. The minimum absolute atomic E-state index is 0.0966. The van der Waals surface area contributed by atoms with Gasteiger partial charge in [-0.05, 0) is 24.5 Å². The maximum absolute atomic E-state index is 11.9. The van der Waals surface area contributed by atoms with Gasteiger partial charge in [0.15, 0.2) is 0 Å². The third-order valence-electron chi connectivity index (χ3n) is 3.16. The highest BCUT2D eigenvalue weighted by Gasteiger charge is 2.23. The molecule has 0 radical (unpaired) electrons. The van der Waals surface area contributed by atoms with Crippen molar-refractivity contribution in [1.29, 1.82) is 0 Å². The van der Waals surface area contributed by atoms with Gasteiger partial charge < -0.3 is 15.4 Å². The van der Waals surface area contributed by atoms with Gasteiger partial charge in [-0.1, -0.05) is 18.2 Å². The smallest absolute Gasteiger partial charge is 0.261 e. The van der Waals surface area contributed by atoms with E-state index < -0.39 is 13.0 Å². The molecule has 4 nitrogen and oxygen atoms in total. The first-order chi connectivity index (χ1) is 9.66. The molecule has 6 heteroatoms. The summed E-state index contributed by atoms with van der Waals surface area (Å²) in [6.07, 6.45) is -0.897. The van der Waals surface area contributed by atoms with E-state index in [4.69, 9.17) is 4.74 Å². The van der Waals surface area contributed by atoms with E-state index in [9.17, 15) is 13.6 Å². The maximum atomic E-state index is 11.9. The number of carbonyl (C=O) groups is 1. The van der Waals surface area contributed by atoms with Crippen molar-refractivity contribution in [2.45, 2.75) is 25.3 Å². The highest BCUT2D eigenvalue weighted by molar-refractivity contribution is 5.85. The van der Waals surface area contributed by atoms with Gasteiger partial charge in [-0.2, -0.15) is 0 Å². The molecule has 0 aliphatic carbocycles. The molecule has 0 bridgehead atoms. The van der Waals surface area contributed by atoms with Gasteiger partial charge in [0, 0.05) is 12.2 Å². The number of hydrogen-bond acceptors (Lipinski definition) is 3. The SMILES string of the molecule is O=C(NCCOCC(F)F)C1CCc2ccccc2N1. The minimum atomic E-state index is -2.47. The van der Waals surface area contributed by atoms with Crippen LogP contribution in [0.3, 0.4) is 0 Å². The van der Waals surface area contributed by atoms with Gasteiger partial charge in [-0.15, -0.1) is 0 Å². The number of benzene rings is 1. The number of amides is 1. The van der Waals surface area contributed by atoms with Crippen molar-refractivity contribution >= 4 is 11.6 Å². The first-order valence-electron chi connectivity index (χ1n) is 6.65. The second-order valence-electron chi connectivity index (χ2n) is 4.65. The quantitative estimate of drug-likeness (QED) is 0.783. The van der Waals surface area contributed by atoms with Crippen molar-refractivity contribution in [1.82, 2.24) is 5.32 Å². The van der Waals surface area contributed by atoms with E-state index in [2.05, 4.69) is 10.6 Å². The Morgan fingerprint density at radius 3 is 3.05 bits per heavy atom. The standard InChI is InChI=1S/C14H18F2N2O2/c15-13(16)9-20-8-7-17-14(19)12-6-5-10-3-1-2-4-11(10)18-12/h1-4,12-13,18H,5-9H2,(H,17,19). The molecule has 0 aromatic heterocycles. The lowest BCUT2D eigenvalue weighted by atomic mass is 9.98. The Kier molecular flexibility index (Phi) is 5.29. The molecule has 1 amide bonds. The summed E-state index contributed by atoms with van der Waals surface area (Å²) in [5, 5.41) is 5.87. The lowest BCUT2D eigenvalue weighted by molar-refractivity contribution is -0.122. The Morgan fingerprint density at radius 1 is 1.45 bits per heavy atom. The minimum Gasteiger partial charge on any atom is -0.374 e. The number of para-hydroxylation sites is 1. The summed E-state index contributed by atoms with van der Waals surface area (Å²) in [5.41, 5.74) is 2.18. The second kappa shape index (κ2) is 7.19. The number of hydrogen-bond donors (Lipinski definition) is 2. The first kappa shape index (κ1) is 14.7. The van der Waals surface area contributed by atoms with Crippen LogP contribution in [0.1, 0.15) is 12.0 Å². The number of rotatable bonds is 6. The molecule has 1 atom stereocenters. The average Bonchev–Trinajstić information content (AvgIpc) is 2.46. The van der Waals surface area contributed by atoms with Crippen molar-refractivity contribution in [3.63, 3.8) is 0 Å². The van der Waals surface area contributed by atoms with Gasteiger partial charge in [0.25, 0.3) is 6.43 Å². The van der Waals surface area contributed by atoms with Crippen LogP contribution in [-0.2, 0) is 16.0 Å². The van der Waals surface area contributed by atoms with Crippen LogP contribution < -0.4 is 10.6 Å². The molecule has 1 aromatic rings. The summed E-state index contributed by atoms with van der Waals surface area (Å²) in [6, 6.07) is 7.60. The Morgan fingerprint density at radius 2 is 2.25 bits per heavy atom. The third kappa shape index (κ3) is 4.16. The largest absolute Gasteiger partial charge is 0.374 e. The van der Waals surface area contributed by atoms with Crippen LogP contribution in [0.5, 0.6) is 0 Å². The Hall–Kier alpha value is -1.69. The van der Waals surface area contributed by atoms with Crippen LogP contribution in [0.4, 0.5) is 14.5 Å². The van der Waals surface area contributed by atoms with Crippen LogP contribution in [0.25, 0.3) is 0 Å². The highest BCUT2D eigenvalue weighted by Crippen LogP contribution is 2.24. The molecule has 20 heavy (non-hydrogen) atoms. The van der Waals surface area contributed by atoms with Gasteiger partial charge in [0.1, 0.15) is 12.6 Å².